The van der Waals surface area contributed by atoms with Crippen molar-refractivity contribution in [3.63, 3.8) is 0 Å². The molecule has 0 N–H and O–H groups in total. The van der Waals surface area contributed by atoms with Gasteiger partial charge in [-0.3, -0.25) is 29.9 Å². The van der Waals surface area contributed by atoms with E-state index in [1.54, 1.807) is 7.17 Å². The summed E-state index contributed by atoms with van der Waals surface area (Å²) in [4.78, 5) is 27.0. The molecule has 2 aromatic heterocycles. The summed E-state index contributed by atoms with van der Waals surface area (Å²) in [6.45, 7) is 3.00. The number of rotatable bonds is 5. The third-order valence-electron chi connectivity index (χ3n) is 4.19. The average molecular weight is 310 g/mol. The summed E-state index contributed by atoms with van der Waals surface area (Å²) in [5.41, 5.74) is 3.83. The van der Waals surface area contributed by atoms with Gasteiger partial charge >= 0.3 is 0 Å². The van der Waals surface area contributed by atoms with E-state index in [1.165, 1.54) is 7.06 Å². The monoisotopic (exact) mass is 310 g/mol. The minimum atomic E-state index is 0.435. The van der Waals surface area contributed by atoms with E-state index in [0.717, 1.165) is 50.3 Å². The standard InChI is InChI=1S/C15H13B3N6/c1-2-10-13-11(21-6-23-13)8(4-19-10)3-9-5-20-15(17-18-16)14-12(9)22-7-24-14/h4-5H,2-3,6-7H2,1H3. The molecule has 0 unspecified atom stereocenters. The Labute approximate surface area is 141 Å². The highest BCUT2D eigenvalue weighted by atomic mass is 15.0. The molecule has 2 aliphatic heterocycles. The van der Waals surface area contributed by atoms with Crippen molar-refractivity contribution in [2.75, 3.05) is 13.3 Å². The molecule has 2 aromatic rings. The molecule has 4 rings (SSSR count). The highest BCUT2D eigenvalue weighted by Gasteiger charge is 2.14. The van der Waals surface area contributed by atoms with Crippen LogP contribution in [0.2, 0.25) is 0 Å². The number of fused-ring (bicyclic) bond motifs is 2. The molecular weight excluding hydrogens is 297 g/mol. The molecule has 0 saturated heterocycles. The molecule has 0 spiro atoms. The van der Waals surface area contributed by atoms with E-state index < -0.39 is 0 Å². The highest BCUT2D eigenvalue weighted by molar-refractivity contribution is 7.27. The molecule has 0 fully saturated rings. The van der Waals surface area contributed by atoms with Crippen molar-refractivity contribution in [3.8, 4) is 0 Å². The predicted octanol–water partition coefficient (Wildman–Crippen LogP) is -2.92. The molecule has 0 saturated carbocycles. The maximum absolute atomic E-state index is 5.48. The SMILES string of the molecule is [B][B][B]c1ncc(Cc2cnc(CC)c3c2=NCN=3)c2c1=NCN=2. The molecule has 4 heterocycles. The molecule has 4 radical (unpaired) electrons. The molecule has 0 amide bonds. The average Bonchev–Trinajstić information content (AvgIpc) is 3.26. The lowest BCUT2D eigenvalue weighted by atomic mass is 9.27. The fourth-order valence-corrected chi connectivity index (χ4v) is 3.07. The first-order chi connectivity index (χ1) is 11.8. The lowest BCUT2D eigenvalue weighted by Crippen LogP contribution is -2.46. The summed E-state index contributed by atoms with van der Waals surface area (Å²) in [5, 5.41) is 3.59. The number of nitrogens with zero attached hydrogens (tertiary/aromatic N) is 6. The Hall–Kier alpha value is -2.31. The molecule has 0 atom stereocenters. The molecule has 9 heteroatoms. The van der Waals surface area contributed by atoms with Crippen LogP contribution in [0.5, 0.6) is 0 Å². The molecular formula is C15H13B3N6. The molecule has 0 aromatic carbocycles. The lowest BCUT2D eigenvalue weighted by molar-refractivity contribution is 0.953. The Kier molecular flexibility index (Phi) is 4.00. The van der Waals surface area contributed by atoms with Crippen molar-refractivity contribution in [2.45, 2.75) is 19.8 Å². The molecule has 112 valence electrons. The third-order valence-corrected chi connectivity index (χ3v) is 4.19. The van der Waals surface area contributed by atoms with Gasteiger partial charge in [0.1, 0.15) is 25.9 Å². The van der Waals surface area contributed by atoms with Gasteiger partial charge in [0.25, 0.3) is 0 Å². The normalized spacial score (nSPS) is 13.9. The van der Waals surface area contributed by atoms with Gasteiger partial charge in [0, 0.05) is 50.3 Å². The number of aryl methyl sites for hydroxylation is 1. The zero-order valence-electron chi connectivity index (χ0n) is 13.4. The molecule has 2 aliphatic rings. The van der Waals surface area contributed by atoms with Crippen LogP contribution >= 0.6 is 0 Å². The number of hydrogen-bond acceptors (Lipinski definition) is 6. The maximum atomic E-state index is 5.48. The van der Waals surface area contributed by atoms with Gasteiger partial charge in [0.2, 0.25) is 0 Å². The fourth-order valence-electron chi connectivity index (χ4n) is 3.07. The topological polar surface area (TPSA) is 75.2 Å². The van der Waals surface area contributed by atoms with Crippen molar-refractivity contribution >= 4 is 27.6 Å². The summed E-state index contributed by atoms with van der Waals surface area (Å²) >= 11 is 0. The van der Waals surface area contributed by atoms with Gasteiger partial charge < -0.3 is 0 Å². The lowest BCUT2D eigenvalue weighted by Gasteiger charge is -2.05. The smallest absolute Gasteiger partial charge is 0.131 e. The maximum Gasteiger partial charge on any atom is 0.131 e. The second-order valence-corrected chi connectivity index (χ2v) is 5.60. The Morgan fingerprint density at radius 1 is 0.917 bits per heavy atom. The third kappa shape index (κ3) is 2.48. The van der Waals surface area contributed by atoms with Crippen molar-refractivity contribution in [1.29, 1.82) is 0 Å². The summed E-state index contributed by atoms with van der Waals surface area (Å²) in [6, 6.07) is 0. The summed E-state index contributed by atoms with van der Waals surface area (Å²) in [5.74, 6) is 0. The number of aromatic nitrogens is 2. The summed E-state index contributed by atoms with van der Waals surface area (Å²) < 4.78 is 0. The van der Waals surface area contributed by atoms with E-state index in [4.69, 9.17) is 7.74 Å². The Bertz CT molecular complexity index is 1050. The van der Waals surface area contributed by atoms with E-state index in [1.807, 2.05) is 12.4 Å². The van der Waals surface area contributed by atoms with Crippen LogP contribution in [0, 0.1) is 0 Å². The first-order valence-electron chi connectivity index (χ1n) is 7.92. The van der Waals surface area contributed by atoms with E-state index >= 15 is 0 Å². The van der Waals surface area contributed by atoms with Crippen LogP contribution in [0.1, 0.15) is 23.7 Å². The predicted molar refractivity (Wildman–Crippen MR) is 91.9 cm³/mol. The molecule has 6 nitrogen and oxygen atoms in total. The minimum absolute atomic E-state index is 0.435. The fraction of sp³-hybridized carbons (Fsp3) is 0.333. The van der Waals surface area contributed by atoms with Gasteiger partial charge in [-0.15, -0.1) is 0 Å². The zero-order valence-corrected chi connectivity index (χ0v) is 13.4. The first kappa shape index (κ1) is 15.2. The zero-order chi connectivity index (χ0) is 16.5. The van der Waals surface area contributed by atoms with Crippen LogP contribution in [-0.4, -0.2) is 45.3 Å². The second kappa shape index (κ2) is 6.30. The van der Waals surface area contributed by atoms with Crippen molar-refractivity contribution in [1.82, 2.24) is 9.97 Å². The molecule has 0 aliphatic carbocycles. The van der Waals surface area contributed by atoms with Crippen molar-refractivity contribution in [2.24, 2.45) is 20.0 Å². The summed E-state index contributed by atoms with van der Waals surface area (Å²) in [7, 11) is 8.70. The molecule has 0 bridgehead atoms. The first-order valence-corrected chi connectivity index (χ1v) is 7.92. The highest BCUT2D eigenvalue weighted by Crippen LogP contribution is 2.00. The minimum Gasteiger partial charge on any atom is -0.270 e. The van der Waals surface area contributed by atoms with Gasteiger partial charge in [0.15, 0.2) is 0 Å². The quantitative estimate of drug-likeness (QED) is 0.555. The van der Waals surface area contributed by atoms with Gasteiger partial charge in [-0.25, -0.2) is 0 Å². The van der Waals surface area contributed by atoms with Crippen molar-refractivity contribution < 1.29 is 0 Å². The van der Waals surface area contributed by atoms with Crippen LogP contribution in [0.3, 0.4) is 0 Å². The van der Waals surface area contributed by atoms with E-state index in [0.29, 0.717) is 19.8 Å². The summed E-state index contributed by atoms with van der Waals surface area (Å²) in [6.07, 6.45) is 5.26. The number of pyridine rings is 2. The van der Waals surface area contributed by atoms with Crippen LogP contribution in [0.25, 0.3) is 0 Å². The Balaban J connectivity index is 1.80. The van der Waals surface area contributed by atoms with Crippen LogP contribution < -0.4 is 27.0 Å². The van der Waals surface area contributed by atoms with E-state index in [2.05, 4.69) is 36.9 Å². The van der Waals surface area contributed by atoms with Crippen molar-refractivity contribution in [3.05, 3.63) is 50.6 Å². The largest absolute Gasteiger partial charge is 0.270 e. The van der Waals surface area contributed by atoms with Gasteiger partial charge in [-0.1, -0.05) is 6.92 Å². The van der Waals surface area contributed by atoms with Crippen LogP contribution in [-0.2, 0) is 12.8 Å². The Morgan fingerprint density at radius 3 is 2.25 bits per heavy atom. The van der Waals surface area contributed by atoms with Gasteiger partial charge in [-0.2, -0.15) is 0 Å². The Morgan fingerprint density at radius 2 is 1.54 bits per heavy atom. The van der Waals surface area contributed by atoms with Gasteiger partial charge in [-0.05, 0) is 6.42 Å². The number of hydrogen-bond donors (Lipinski definition) is 0. The molecule has 24 heavy (non-hydrogen) atoms. The second-order valence-electron chi connectivity index (χ2n) is 5.60. The van der Waals surface area contributed by atoms with Crippen LogP contribution in [0.15, 0.2) is 32.4 Å². The van der Waals surface area contributed by atoms with Gasteiger partial charge in [0.05, 0.1) is 21.8 Å². The van der Waals surface area contributed by atoms with E-state index in [-0.39, 0.29) is 0 Å². The van der Waals surface area contributed by atoms with Crippen LogP contribution in [0.4, 0.5) is 0 Å². The van der Waals surface area contributed by atoms with E-state index in [9.17, 15) is 0 Å².